The van der Waals surface area contributed by atoms with Crippen LogP contribution in [-0.4, -0.2) is 40.9 Å². The minimum absolute atomic E-state index is 0.0262. The third kappa shape index (κ3) is 4.66. The van der Waals surface area contributed by atoms with E-state index in [1.54, 1.807) is 0 Å². The van der Waals surface area contributed by atoms with Crippen LogP contribution in [0.25, 0.3) is 11.0 Å². The third-order valence-corrected chi connectivity index (χ3v) is 11.4. The number of methoxy groups -OCH3 is 1. The van der Waals surface area contributed by atoms with E-state index >= 15 is 0 Å². The number of aromatic nitrogens is 3. The quantitative estimate of drug-likeness (QED) is 0.397. The van der Waals surface area contributed by atoms with Gasteiger partial charge in [0.1, 0.15) is 23.3 Å². The number of nitrogens with zero attached hydrogens (tertiary/aromatic N) is 3. The number of carbonyl (C=O) groups excluding carboxylic acids is 1. The number of hydrogen-bond acceptors (Lipinski definition) is 5. The third-order valence-electron chi connectivity index (χ3n) is 11.4. The van der Waals surface area contributed by atoms with E-state index in [9.17, 15) is 18.0 Å². The fourth-order valence-corrected chi connectivity index (χ4v) is 9.80. The molecule has 4 aliphatic rings. The lowest BCUT2D eigenvalue weighted by Gasteiger charge is -2.61. The highest BCUT2D eigenvalue weighted by molar-refractivity contribution is 5.82. The summed E-state index contributed by atoms with van der Waals surface area (Å²) in [5.74, 6) is 3.20. The average Bonchev–Trinajstić information content (AvgIpc) is 3.43. The first kappa shape index (κ1) is 27.0. The average molecular weight is 548 g/mol. The van der Waals surface area contributed by atoms with Crippen LogP contribution in [0.2, 0.25) is 0 Å². The summed E-state index contributed by atoms with van der Waals surface area (Å²) in [6.07, 6.45) is 5.88. The predicted octanol–water partition coefficient (Wildman–Crippen LogP) is 6.82. The summed E-state index contributed by atoms with van der Waals surface area (Å²) >= 11 is 0. The maximum Gasteiger partial charge on any atom is 0.573 e. The topological polar surface area (TPSA) is 66.2 Å². The molecule has 6 rings (SSSR count). The van der Waals surface area contributed by atoms with Crippen molar-refractivity contribution in [2.45, 2.75) is 84.5 Å². The highest BCUT2D eigenvalue weighted by Crippen LogP contribution is 2.68. The Morgan fingerprint density at radius 2 is 1.85 bits per heavy atom. The van der Waals surface area contributed by atoms with Gasteiger partial charge in [0.15, 0.2) is 5.78 Å². The van der Waals surface area contributed by atoms with Crippen molar-refractivity contribution in [3.63, 3.8) is 0 Å². The summed E-state index contributed by atoms with van der Waals surface area (Å²) < 4.78 is 47.7. The Kier molecular flexibility index (Phi) is 6.75. The van der Waals surface area contributed by atoms with E-state index < -0.39 is 6.36 Å². The molecule has 9 heteroatoms. The molecule has 214 valence electrons. The molecule has 39 heavy (non-hydrogen) atoms. The number of carbonyl (C=O) groups is 1. The molecule has 0 amide bonds. The number of ether oxygens (including phenoxy) is 2. The largest absolute Gasteiger partial charge is 0.573 e. The van der Waals surface area contributed by atoms with Gasteiger partial charge in [0.25, 0.3) is 0 Å². The number of halogens is 3. The molecule has 1 aromatic carbocycles. The van der Waals surface area contributed by atoms with Crippen LogP contribution in [0.3, 0.4) is 0 Å². The number of hydrogen-bond donors (Lipinski definition) is 0. The van der Waals surface area contributed by atoms with Gasteiger partial charge in [0, 0.05) is 19.1 Å². The Morgan fingerprint density at radius 1 is 1.05 bits per heavy atom. The highest BCUT2D eigenvalue weighted by Gasteiger charge is 2.62. The molecule has 4 fully saturated rings. The molecular formula is C30H40F3N3O3. The number of benzene rings is 1. The summed E-state index contributed by atoms with van der Waals surface area (Å²) in [6, 6.07) is 3.87. The van der Waals surface area contributed by atoms with E-state index in [4.69, 9.17) is 4.74 Å². The van der Waals surface area contributed by atoms with Gasteiger partial charge in [-0.15, -0.1) is 13.2 Å². The number of alkyl halides is 3. The van der Waals surface area contributed by atoms with Gasteiger partial charge in [-0.25, -0.2) is 0 Å². The first-order valence-corrected chi connectivity index (χ1v) is 14.6. The van der Waals surface area contributed by atoms with Gasteiger partial charge < -0.3 is 9.47 Å². The zero-order chi connectivity index (χ0) is 27.6. The lowest BCUT2D eigenvalue weighted by molar-refractivity contribution is -0.274. The van der Waals surface area contributed by atoms with Crippen LogP contribution in [0.4, 0.5) is 13.2 Å². The van der Waals surface area contributed by atoms with Crippen LogP contribution >= 0.6 is 0 Å². The first-order chi connectivity index (χ1) is 18.5. The number of ketones is 1. The first-order valence-electron chi connectivity index (χ1n) is 14.6. The van der Waals surface area contributed by atoms with E-state index in [-0.39, 0.29) is 34.9 Å². The van der Waals surface area contributed by atoms with Gasteiger partial charge in [-0.05, 0) is 104 Å². The van der Waals surface area contributed by atoms with E-state index in [0.717, 1.165) is 37.7 Å². The number of Topliss-reactive ketones (excluding diaryl/α,β-unsaturated/α-hetero) is 1. The van der Waals surface area contributed by atoms with Crippen LogP contribution in [0, 0.1) is 46.3 Å². The Bertz CT molecular complexity index is 1230. The smallest absolute Gasteiger partial charge is 0.406 e. The van der Waals surface area contributed by atoms with Crippen molar-refractivity contribution in [1.29, 1.82) is 0 Å². The lowest BCUT2D eigenvalue weighted by Crippen LogP contribution is -2.56. The summed E-state index contributed by atoms with van der Waals surface area (Å²) in [5.41, 5.74) is 0.987. The molecule has 8 atom stereocenters. The van der Waals surface area contributed by atoms with Crippen molar-refractivity contribution >= 4 is 16.8 Å². The molecule has 0 radical (unpaired) electrons. The molecule has 4 aliphatic carbocycles. The van der Waals surface area contributed by atoms with Crippen molar-refractivity contribution in [3.8, 4) is 5.75 Å². The molecule has 1 aromatic heterocycles. The van der Waals surface area contributed by atoms with Gasteiger partial charge >= 0.3 is 6.36 Å². The molecule has 0 bridgehead atoms. The molecule has 6 nitrogen and oxygen atoms in total. The van der Waals surface area contributed by atoms with Gasteiger partial charge in [-0.1, -0.05) is 20.3 Å². The minimum atomic E-state index is -4.77. The van der Waals surface area contributed by atoms with E-state index in [1.165, 1.54) is 61.5 Å². The number of rotatable bonds is 6. The van der Waals surface area contributed by atoms with Crippen molar-refractivity contribution < 1.29 is 27.4 Å². The highest BCUT2D eigenvalue weighted by atomic mass is 19.4. The Morgan fingerprint density at radius 3 is 2.62 bits per heavy atom. The fourth-order valence-electron chi connectivity index (χ4n) is 9.80. The van der Waals surface area contributed by atoms with Crippen molar-refractivity contribution in [2.75, 3.05) is 13.7 Å². The zero-order valence-electron chi connectivity index (χ0n) is 23.2. The van der Waals surface area contributed by atoms with Gasteiger partial charge in [0.05, 0.1) is 6.61 Å². The van der Waals surface area contributed by atoms with Crippen LogP contribution in [-0.2, 0) is 16.1 Å². The molecular weight excluding hydrogens is 507 g/mol. The van der Waals surface area contributed by atoms with Crippen molar-refractivity contribution in [2.24, 2.45) is 46.3 Å². The summed E-state index contributed by atoms with van der Waals surface area (Å²) in [7, 11) is 1.86. The van der Waals surface area contributed by atoms with Crippen LogP contribution in [0.15, 0.2) is 18.2 Å². The van der Waals surface area contributed by atoms with E-state index in [0.29, 0.717) is 28.7 Å². The molecule has 0 aliphatic heterocycles. The maximum atomic E-state index is 13.7. The standard InChI is InChI=1S/C30H40F3N3O3/c1-18-10-13-29(17-38-3)19(14-18)4-6-21-22-7-8-24(28(22,2)12-11-23(21)29)27(37)16-36-34-25-9-5-20(15-26(25)35-36)39-30(31,32)33/h5,9,15,18-19,21-24H,4,6-8,10-14,16-17H2,1-3H3/t18?,19?,21?,22?,23?,24?,28-,29?/m0/s1. The monoisotopic (exact) mass is 547 g/mol. The van der Waals surface area contributed by atoms with Crippen molar-refractivity contribution in [3.05, 3.63) is 18.2 Å². The molecule has 4 saturated carbocycles. The fraction of sp³-hybridized carbons (Fsp3) is 0.767. The molecule has 1 heterocycles. The molecule has 0 saturated heterocycles. The SMILES string of the molecule is COCC12CCC(C)CC1CCC1C2CC[C@]2(C)C(C(=O)Cn3nc4ccc(OC(F)(F)F)cc4n3)CCC12. The molecule has 7 unspecified atom stereocenters. The summed E-state index contributed by atoms with van der Waals surface area (Å²) in [4.78, 5) is 15.0. The summed E-state index contributed by atoms with van der Waals surface area (Å²) in [5, 5.41) is 8.68. The molecule has 0 N–H and O–H groups in total. The maximum absolute atomic E-state index is 13.7. The van der Waals surface area contributed by atoms with E-state index in [1.807, 2.05) is 7.11 Å². The molecule has 2 aromatic rings. The second-order valence-corrected chi connectivity index (χ2v) is 13.3. The number of fused-ring (bicyclic) bond motifs is 6. The normalized spacial score (nSPS) is 38.2. The van der Waals surface area contributed by atoms with Gasteiger partial charge in [-0.2, -0.15) is 15.0 Å². The van der Waals surface area contributed by atoms with Gasteiger partial charge in [-0.3, -0.25) is 4.79 Å². The minimum Gasteiger partial charge on any atom is -0.406 e. The van der Waals surface area contributed by atoms with Crippen LogP contribution in [0.5, 0.6) is 5.75 Å². The lowest BCUT2D eigenvalue weighted by atomic mass is 9.44. The van der Waals surface area contributed by atoms with Gasteiger partial charge in [0.2, 0.25) is 0 Å². The van der Waals surface area contributed by atoms with Crippen molar-refractivity contribution in [1.82, 2.24) is 15.0 Å². The Hall–Kier alpha value is -2.16. The van der Waals surface area contributed by atoms with Crippen LogP contribution in [0.1, 0.15) is 71.6 Å². The molecule has 0 spiro atoms. The van der Waals surface area contributed by atoms with Crippen LogP contribution < -0.4 is 4.74 Å². The van der Waals surface area contributed by atoms with E-state index in [2.05, 4.69) is 28.8 Å². The second-order valence-electron chi connectivity index (χ2n) is 13.3. The predicted molar refractivity (Wildman–Crippen MR) is 140 cm³/mol. The Labute approximate surface area is 228 Å². The summed E-state index contributed by atoms with van der Waals surface area (Å²) in [6.45, 7) is 5.65. The Balaban J connectivity index is 1.18. The zero-order valence-corrected chi connectivity index (χ0v) is 23.2. The second kappa shape index (κ2) is 9.74.